The Hall–Kier alpha value is -1.02. The molecule has 0 heterocycles. The Labute approximate surface area is 106 Å². The number of hydrogen-bond acceptors (Lipinski definition) is 3. The largest absolute Gasteiger partial charge is 0.598 e. The van der Waals surface area contributed by atoms with Gasteiger partial charge in [0.15, 0.2) is 0 Å². The molecule has 17 heavy (non-hydrogen) atoms. The van der Waals surface area contributed by atoms with Crippen molar-refractivity contribution >= 4 is 11.4 Å². The van der Waals surface area contributed by atoms with E-state index in [-0.39, 0.29) is 10.8 Å². The molecular weight excluding hydrogens is 232 g/mol. The van der Waals surface area contributed by atoms with Crippen LogP contribution in [0, 0.1) is 11.3 Å². The molecule has 0 saturated heterocycles. The molecule has 1 aromatic rings. The molecule has 0 radical (unpaired) electrons. The van der Waals surface area contributed by atoms with Gasteiger partial charge >= 0.3 is 0 Å². The maximum Gasteiger partial charge on any atom is 0.136 e. The van der Waals surface area contributed by atoms with E-state index >= 15 is 0 Å². The lowest BCUT2D eigenvalue weighted by Gasteiger charge is -2.26. The minimum Gasteiger partial charge on any atom is -0.598 e. The highest BCUT2D eigenvalue weighted by Gasteiger charge is 2.28. The van der Waals surface area contributed by atoms with Crippen LogP contribution in [0.3, 0.4) is 0 Å². The number of benzene rings is 1. The quantitative estimate of drug-likeness (QED) is 0.839. The summed E-state index contributed by atoms with van der Waals surface area (Å²) < 4.78 is 14.7. The van der Waals surface area contributed by atoms with Crippen molar-refractivity contribution in [2.45, 2.75) is 38.5 Å². The average molecular weight is 250 g/mol. The molecule has 3 nitrogen and oxygen atoms in total. The first kappa shape index (κ1) is 14.0. The molecule has 1 aromatic carbocycles. The Bertz CT molecular complexity index is 420. The van der Waals surface area contributed by atoms with Crippen molar-refractivity contribution in [2.24, 2.45) is 0 Å². The molecule has 0 spiro atoms. The second kappa shape index (κ2) is 5.54. The highest BCUT2D eigenvalue weighted by Crippen LogP contribution is 2.21. The van der Waals surface area contributed by atoms with Gasteiger partial charge in [-0.25, -0.2) is 0 Å². The summed E-state index contributed by atoms with van der Waals surface area (Å²) in [6.07, 6.45) is 0. The highest BCUT2D eigenvalue weighted by atomic mass is 32.2. The summed E-state index contributed by atoms with van der Waals surface area (Å²) in [5, 5.41) is 9.01. The molecular formula is C13H18N2OS. The second-order valence-electron chi connectivity index (χ2n) is 4.92. The second-order valence-corrected chi connectivity index (χ2v) is 6.92. The fourth-order valence-electron chi connectivity index (χ4n) is 1.38. The van der Waals surface area contributed by atoms with Crippen molar-refractivity contribution in [3.05, 3.63) is 35.4 Å². The normalized spacial score (nSPS) is 15.1. The minimum atomic E-state index is -1.14. The van der Waals surface area contributed by atoms with Crippen LogP contribution < -0.4 is 4.72 Å². The molecule has 1 unspecified atom stereocenters. The summed E-state index contributed by atoms with van der Waals surface area (Å²) in [6, 6.07) is 9.41. The Morgan fingerprint density at radius 1 is 1.35 bits per heavy atom. The van der Waals surface area contributed by atoms with Gasteiger partial charge in [0, 0.05) is 11.4 Å². The summed E-state index contributed by atoms with van der Waals surface area (Å²) in [4.78, 5) is 0. The summed E-state index contributed by atoms with van der Waals surface area (Å²) in [6.45, 7) is 7.66. The van der Waals surface area contributed by atoms with Gasteiger partial charge in [0.1, 0.15) is 4.75 Å². The standard InChI is InChI=1S/C13H18N2OS/c1-10(15-17(16)13(2,3)4)12-8-6-5-7-11(12)9-14/h5-8,10,15H,1-4H3/t10?,17-/m0/s1. The zero-order valence-corrected chi connectivity index (χ0v) is 11.5. The maximum absolute atomic E-state index is 12.0. The Morgan fingerprint density at radius 2 is 1.94 bits per heavy atom. The van der Waals surface area contributed by atoms with E-state index in [1.165, 1.54) is 0 Å². The van der Waals surface area contributed by atoms with Gasteiger partial charge in [-0.05, 0) is 39.3 Å². The van der Waals surface area contributed by atoms with Crippen LogP contribution in [-0.2, 0) is 11.4 Å². The van der Waals surface area contributed by atoms with Crippen LogP contribution in [0.5, 0.6) is 0 Å². The minimum absolute atomic E-state index is 0.106. The summed E-state index contributed by atoms with van der Waals surface area (Å²) in [7, 11) is 0. The van der Waals surface area contributed by atoms with Crippen molar-refractivity contribution in [1.82, 2.24) is 4.72 Å². The summed E-state index contributed by atoms with van der Waals surface area (Å²) >= 11 is -1.14. The molecule has 0 fully saturated rings. The monoisotopic (exact) mass is 250 g/mol. The Kier molecular flexibility index (Phi) is 4.58. The average Bonchev–Trinajstić information content (AvgIpc) is 2.27. The smallest absolute Gasteiger partial charge is 0.136 e. The van der Waals surface area contributed by atoms with E-state index in [1.807, 2.05) is 45.9 Å². The van der Waals surface area contributed by atoms with Gasteiger partial charge in [0.2, 0.25) is 0 Å². The predicted octanol–water partition coefficient (Wildman–Crippen LogP) is 2.67. The predicted molar refractivity (Wildman–Crippen MR) is 70.6 cm³/mol. The van der Waals surface area contributed by atoms with Crippen LogP contribution in [0.25, 0.3) is 0 Å². The van der Waals surface area contributed by atoms with Crippen molar-refractivity contribution in [3.8, 4) is 6.07 Å². The van der Waals surface area contributed by atoms with Crippen LogP contribution in [-0.4, -0.2) is 9.30 Å². The van der Waals surface area contributed by atoms with Crippen molar-refractivity contribution in [1.29, 1.82) is 5.26 Å². The lowest BCUT2D eigenvalue weighted by atomic mass is 10.0. The molecule has 92 valence electrons. The third-order valence-corrected chi connectivity index (χ3v) is 4.07. The molecule has 1 rings (SSSR count). The first-order valence-corrected chi connectivity index (χ1v) is 6.68. The first-order valence-electron chi connectivity index (χ1n) is 5.53. The molecule has 0 aliphatic heterocycles. The third-order valence-electron chi connectivity index (χ3n) is 2.39. The molecule has 0 aromatic heterocycles. The lowest BCUT2D eigenvalue weighted by molar-refractivity contribution is 0.531. The van der Waals surface area contributed by atoms with Gasteiger partial charge in [0.05, 0.1) is 17.7 Å². The molecule has 0 aliphatic rings. The Balaban J connectivity index is 2.84. The van der Waals surface area contributed by atoms with Gasteiger partial charge in [0.25, 0.3) is 0 Å². The fourth-order valence-corrected chi connectivity index (χ4v) is 2.18. The molecule has 0 bridgehead atoms. The van der Waals surface area contributed by atoms with Gasteiger partial charge < -0.3 is 4.55 Å². The van der Waals surface area contributed by atoms with Crippen LogP contribution in [0.15, 0.2) is 24.3 Å². The number of nitrogens with zero attached hydrogens (tertiary/aromatic N) is 1. The summed E-state index contributed by atoms with van der Waals surface area (Å²) in [5.41, 5.74) is 1.51. The van der Waals surface area contributed by atoms with Crippen molar-refractivity contribution < 1.29 is 4.55 Å². The highest BCUT2D eigenvalue weighted by molar-refractivity contribution is 7.90. The zero-order valence-electron chi connectivity index (χ0n) is 10.7. The lowest BCUT2D eigenvalue weighted by Crippen LogP contribution is -2.40. The van der Waals surface area contributed by atoms with Gasteiger partial charge in [-0.3, -0.25) is 0 Å². The van der Waals surface area contributed by atoms with Crippen molar-refractivity contribution in [3.63, 3.8) is 0 Å². The molecule has 4 heteroatoms. The summed E-state index contributed by atoms with van der Waals surface area (Å²) in [5.74, 6) is 0. The maximum atomic E-state index is 12.0. The van der Waals surface area contributed by atoms with E-state index in [4.69, 9.17) is 5.26 Å². The van der Waals surface area contributed by atoms with Gasteiger partial charge in [-0.2, -0.15) is 5.26 Å². The fraction of sp³-hybridized carbons (Fsp3) is 0.462. The van der Waals surface area contributed by atoms with Gasteiger partial charge in [-0.15, -0.1) is 4.72 Å². The zero-order chi connectivity index (χ0) is 13.1. The van der Waals surface area contributed by atoms with Gasteiger partial charge in [-0.1, -0.05) is 18.2 Å². The third kappa shape index (κ3) is 3.74. The molecule has 0 aliphatic carbocycles. The van der Waals surface area contributed by atoms with E-state index in [2.05, 4.69) is 10.8 Å². The van der Waals surface area contributed by atoms with Crippen molar-refractivity contribution in [2.75, 3.05) is 0 Å². The molecule has 0 amide bonds. The van der Waals surface area contributed by atoms with E-state index in [1.54, 1.807) is 6.07 Å². The van der Waals surface area contributed by atoms with Crippen LogP contribution >= 0.6 is 0 Å². The van der Waals surface area contributed by atoms with E-state index in [9.17, 15) is 4.55 Å². The number of nitriles is 1. The number of nitrogens with one attached hydrogen (secondary N) is 1. The van der Waals surface area contributed by atoms with Crippen LogP contribution in [0.1, 0.15) is 44.9 Å². The number of hydrogen-bond donors (Lipinski definition) is 1. The molecule has 0 saturated carbocycles. The van der Waals surface area contributed by atoms with E-state index in [0.29, 0.717) is 5.56 Å². The topological polar surface area (TPSA) is 58.9 Å². The van der Waals surface area contributed by atoms with E-state index in [0.717, 1.165) is 5.56 Å². The molecule has 1 N–H and O–H groups in total. The SMILES string of the molecule is CC(N[S@@+]([O-])C(C)(C)C)c1ccccc1C#N. The number of rotatable bonds is 3. The van der Waals surface area contributed by atoms with Crippen LogP contribution in [0.2, 0.25) is 0 Å². The van der Waals surface area contributed by atoms with Crippen LogP contribution in [0.4, 0.5) is 0 Å². The molecule has 2 atom stereocenters. The Morgan fingerprint density at radius 3 is 2.47 bits per heavy atom. The van der Waals surface area contributed by atoms with E-state index < -0.39 is 11.4 Å². The first-order chi connectivity index (χ1) is 7.86.